The van der Waals surface area contributed by atoms with Gasteiger partial charge in [0, 0.05) is 7.05 Å². The van der Waals surface area contributed by atoms with E-state index in [9.17, 15) is 19.2 Å². The number of nitrogens with zero attached hydrogens (tertiary/aromatic N) is 2. The predicted octanol–water partition coefficient (Wildman–Crippen LogP) is -0.100. The third-order valence-electron chi connectivity index (χ3n) is 2.92. The molecule has 21 heavy (non-hydrogen) atoms. The lowest BCUT2D eigenvalue weighted by Gasteiger charge is -2.04. The standard InChI is InChI=1S/C13H12FN3O4/c1-17-11(6-15-20)16-9(13(17)19)4-7-3-8(14)12(18)10(5-7)21-2/h3-6,16,18H,1-2H3/b9-4-,11-6?. The second-order valence-electron chi connectivity index (χ2n) is 4.22. The molecule has 8 heteroatoms. The van der Waals surface area contributed by atoms with Gasteiger partial charge in [-0.1, -0.05) is 0 Å². The number of aromatic nitrogens is 2. The minimum atomic E-state index is -0.870. The van der Waals surface area contributed by atoms with Crippen LogP contribution in [-0.4, -0.2) is 21.8 Å². The van der Waals surface area contributed by atoms with Gasteiger partial charge in [-0.15, -0.1) is 4.91 Å². The number of methoxy groups -OCH3 is 1. The van der Waals surface area contributed by atoms with Crippen LogP contribution in [0.3, 0.4) is 0 Å². The quantitative estimate of drug-likeness (QED) is 0.772. The summed E-state index contributed by atoms with van der Waals surface area (Å²) >= 11 is 0. The molecular weight excluding hydrogens is 281 g/mol. The number of aromatic hydroxyl groups is 1. The molecule has 0 bridgehead atoms. The highest BCUT2D eigenvalue weighted by Crippen LogP contribution is 2.30. The molecule has 0 radical (unpaired) electrons. The van der Waals surface area contributed by atoms with Crippen molar-refractivity contribution in [3.8, 4) is 11.5 Å². The average Bonchev–Trinajstić information content (AvgIpc) is 2.71. The van der Waals surface area contributed by atoms with E-state index < -0.39 is 17.1 Å². The Balaban J connectivity index is 2.68. The zero-order valence-electron chi connectivity index (χ0n) is 11.3. The molecule has 0 spiro atoms. The Hall–Kier alpha value is -2.90. The van der Waals surface area contributed by atoms with Crippen molar-refractivity contribution in [2.75, 3.05) is 7.11 Å². The highest BCUT2D eigenvalue weighted by molar-refractivity contribution is 5.55. The fourth-order valence-corrected chi connectivity index (χ4v) is 1.83. The number of halogens is 1. The third kappa shape index (κ3) is 2.69. The van der Waals surface area contributed by atoms with Crippen molar-refractivity contribution in [1.29, 1.82) is 0 Å². The molecule has 0 aliphatic carbocycles. The van der Waals surface area contributed by atoms with E-state index in [1.54, 1.807) is 0 Å². The number of nitroso groups, excluding NO2 is 1. The molecule has 2 rings (SSSR count). The van der Waals surface area contributed by atoms with Crippen LogP contribution >= 0.6 is 0 Å². The molecule has 2 aromatic rings. The average molecular weight is 293 g/mol. The number of ether oxygens (including phenoxy) is 1. The molecule has 0 amide bonds. The number of phenols is 1. The third-order valence-corrected chi connectivity index (χ3v) is 2.92. The number of phenolic OH excluding ortho intramolecular Hbond substituents is 1. The number of imidazole rings is 1. The van der Waals surface area contributed by atoms with Crippen LogP contribution in [0.4, 0.5) is 4.39 Å². The van der Waals surface area contributed by atoms with Crippen LogP contribution in [-0.2, 0) is 7.05 Å². The molecule has 0 saturated heterocycles. The molecule has 0 aliphatic heterocycles. The molecule has 0 saturated carbocycles. The number of H-pyrrole nitrogens is 1. The molecule has 0 fully saturated rings. The van der Waals surface area contributed by atoms with Crippen molar-refractivity contribution >= 4 is 12.3 Å². The Morgan fingerprint density at radius 1 is 1.48 bits per heavy atom. The molecule has 0 aliphatic rings. The molecule has 7 nitrogen and oxygen atoms in total. The second-order valence-corrected chi connectivity index (χ2v) is 4.22. The Morgan fingerprint density at radius 3 is 2.81 bits per heavy atom. The van der Waals surface area contributed by atoms with Gasteiger partial charge in [-0.3, -0.25) is 9.36 Å². The normalized spacial score (nSPS) is 12.7. The van der Waals surface area contributed by atoms with Crippen LogP contribution in [0, 0.1) is 10.7 Å². The van der Waals surface area contributed by atoms with Gasteiger partial charge in [0.05, 0.1) is 7.11 Å². The summed E-state index contributed by atoms with van der Waals surface area (Å²) in [5.41, 5.74) is 0.122. The van der Waals surface area contributed by atoms with Gasteiger partial charge in [0.1, 0.15) is 17.0 Å². The van der Waals surface area contributed by atoms with E-state index in [1.165, 1.54) is 30.9 Å². The molecule has 2 N–H and O–H groups in total. The van der Waals surface area contributed by atoms with Crippen LogP contribution < -0.4 is 21.1 Å². The SMILES string of the molecule is COc1cc(/C=c2\[nH]c(=CN=O)n(C)c2=O)cc(F)c1O. The summed E-state index contributed by atoms with van der Waals surface area (Å²) in [4.78, 5) is 24.9. The van der Waals surface area contributed by atoms with Crippen LogP contribution in [0.25, 0.3) is 12.3 Å². The lowest BCUT2D eigenvalue weighted by molar-refractivity contribution is 0.357. The second kappa shape index (κ2) is 5.61. The van der Waals surface area contributed by atoms with Crippen molar-refractivity contribution in [3.63, 3.8) is 0 Å². The summed E-state index contributed by atoms with van der Waals surface area (Å²) < 4.78 is 19.6. The summed E-state index contributed by atoms with van der Waals surface area (Å²) in [6.07, 6.45) is 2.33. The van der Waals surface area contributed by atoms with Crippen molar-refractivity contribution in [3.05, 3.63) is 49.6 Å². The van der Waals surface area contributed by atoms with E-state index in [-0.39, 0.29) is 16.6 Å². The lowest BCUT2D eigenvalue weighted by atomic mass is 10.2. The maximum atomic E-state index is 13.5. The zero-order valence-corrected chi connectivity index (χ0v) is 11.3. The van der Waals surface area contributed by atoms with Crippen LogP contribution in [0.2, 0.25) is 0 Å². The van der Waals surface area contributed by atoms with Crippen molar-refractivity contribution in [2.24, 2.45) is 12.2 Å². The number of aromatic amines is 1. The smallest absolute Gasteiger partial charge is 0.275 e. The molecule has 0 atom stereocenters. The van der Waals surface area contributed by atoms with Gasteiger partial charge in [-0.25, -0.2) is 4.39 Å². The van der Waals surface area contributed by atoms with E-state index in [1.807, 2.05) is 0 Å². The fourth-order valence-electron chi connectivity index (χ4n) is 1.83. The van der Waals surface area contributed by atoms with Crippen LogP contribution in [0.5, 0.6) is 11.5 Å². The first-order valence-corrected chi connectivity index (χ1v) is 5.84. The van der Waals surface area contributed by atoms with Gasteiger partial charge in [-0.05, 0) is 28.9 Å². The van der Waals surface area contributed by atoms with Crippen molar-refractivity contribution in [2.45, 2.75) is 0 Å². The van der Waals surface area contributed by atoms with Gasteiger partial charge < -0.3 is 14.8 Å². The fraction of sp³-hybridized carbons (Fsp3) is 0.154. The Kier molecular flexibility index (Phi) is 3.88. The van der Waals surface area contributed by atoms with Gasteiger partial charge in [0.2, 0.25) is 0 Å². The number of benzene rings is 1. The Labute approximate surface area is 117 Å². The molecule has 1 heterocycles. The minimum absolute atomic E-state index is 0.0500. The van der Waals surface area contributed by atoms with E-state index in [0.29, 0.717) is 5.56 Å². The molecule has 110 valence electrons. The molecule has 1 aromatic carbocycles. The summed E-state index contributed by atoms with van der Waals surface area (Å²) in [7, 11) is 2.75. The molecular formula is C13H12FN3O4. The van der Waals surface area contributed by atoms with Gasteiger partial charge in [0.25, 0.3) is 5.56 Å². The number of hydrogen-bond donors (Lipinski definition) is 2. The maximum Gasteiger partial charge on any atom is 0.275 e. The Morgan fingerprint density at radius 2 is 2.19 bits per heavy atom. The van der Waals surface area contributed by atoms with Crippen molar-refractivity contribution in [1.82, 2.24) is 9.55 Å². The summed E-state index contributed by atoms with van der Waals surface area (Å²) in [5.74, 6) is -1.52. The van der Waals surface area contributed by atoms with Gasteiger partial charge >= 0.3 is 0 Å². The maximum absolute atomic E-state index is 13.5. The number of hydrogen-bond acceptors (Lipinski definition) is 5. The summed E-state index contributed by atoms with van der Waals surface area (Å²) in [5, 5.41) is 12.1. The molecule has 1 aromatic heterocycles. The highest BCUT2D eigenvalue weighted by atomic mass is 19.1. The summed E-state index contributed by atoms with van der Waals surface area (Å²) in [6.45, 7) is 0. The van der Waals surface area contributed by atoms with Crippen LogP contribution in [0.1, 0.15) is 5.56 Å². The topological polar surface area (TPSA) is 96.7 Å². The Bertz CT molecular complexity index is 867. The van der Waals surface area contributed by atoms with Crippen molar-refractivity contribution < 1.29 is 14.2 Å². The van der Waals surface area contributed by atoms with E-state index >= 15 is 0 Å². The van der Waals surface area contributed by atoms with Gasteiger partial charge in [-0.2, -0.15) is 0 Å². The van der Waals surface area contributed by atoms with Crippen LogP contribution in [0.15, 0.2) is 22.1 Å². The first-order chi connectivity index (χ1) is 9.97. The number of rotatable bonds is 3. The largest absolute Gasteiger partial charge is 0.502 e. The minimum Gasteiger partial charge on any atom is -0.502 e. The van der Waals surface area contributed by atoms with E-state index in [4.69, 9.17) is 4.74 Å². The highest BCUT2D eigenvalue weighted by Gasteiger charge is 2.09. The zero-order chi connectivity index (χ0) is 15.6. The van der Waals surface area contributed by atoms with E-state index in [2.05, 4.69) is 10.2 Å². The lowest BCUT2D eigenvalue weighted by Crippen LogP contribution is -2.28. The first kappa shape index (κ1) is 14.5. The first-order valence-electron chi connectivity index (χ1n) is 5.84. The number of nitrogens with one attached hydrogen (secondary N) is 1. The predicted molar refractivity (Wildman–Crippen MR) is 73.7 cm³/mol. The monoisotopic (exact) mass is 293 g/mol. The van der Waals surface area contributed by atoms with Gasteiger partial charge in [0.15, 0.2) is 17.3 Å². The summed E-state index contributed by atoms with van der Waals surface area (Å²) in [6, 6.07) is 2.43. The van der Waals surface area contributed by atoms with E-state index in [0.717, 1.165) is 12.3 Å². The molecule has 0 unspecified atom stereocenters.